The van der Waals surface area contributed by atoms with Crippen LogP contribution in [0.25, 0.3) is 11.2 Å². The van der Waals surface area contributed by atoms with Crippen LogP contribution >= 0.6 is 11.6 Å². The molecule has 2 heterocycles. The van der Waals surface area contributed by atoms with Crippen LogP contribution in [0.1, 0.15) is 0 Å². The van der Waals surface area contributed by atoms with Gasteiger partial charge >= 0.3 is 0 Å². The van der Waals surface area contributed by atoms with Crippen molar-refractivity contribution in [1.82, 2.24) is 19.9 Å². The van der Waals surface area contributed by atoms with Gasteiger partial charge in [-0.3, -0.25) is 0 Å². The van der Waals surface area contributed by atoms with Gasteiger partial charge in [0.25, 0.3) is 0 Å². The number of hydrogen-bond donors (Lipinski definition) is 1. The molecule has 0 bridgehead atoms. The molecule has 0 saturated carbocycles. The van der Waals surface area contributed by atoms with Crippen molar-refractivity contribution < 1.29 is 0 Å². The maximum absolute atomic E-state index is 5.68. The Labute approximate surface area is 97.1 Å². The van der Waals surface area contributed by atoms with Crippen molar-refractivity contribution in [2.24, 2.45) is 0 Å². The minimum absolute atomic E-state index is 0.405. The Bertz CT molecular complexity index is 392. The Morgan fingerprint density at radius 1 is 1.21 bits per heavy atom. The second-order valence-corrected chi connectivity index (χ2v) is 8.87. The van der Waals surface area contributed by atoms with E-state index >= 15 is 0 Å². The molecule has 0 amide bonds. The molecule has 0 fully saturated rings. The number of nitrogens with zero attached hydrogens (tertiary/aromatic N) is 3. The quantitative estimate of drug-likeness (QED) is 0.559. The summed E-state index contributed by atoms with van der Waals surface area (Å²) in [5.74, 6) is 0. The fourth-order valence-electron chi connectivity index (χ4n) is 0.736. The second kappa shape index (κ2) is 6.24. The number of rotatable bonds is 1. The van der Waals surface area contributed by atoms with Crippen LogP contribution in [0.4, 0.5) is 0 Å². The summed E-state index contributed by atoms with van der Waals surface area (Å²) in [6, 6.07) is 0. The number of H-pyrrole nitrogens is 1. The molecule has 2 aromatic rings. The first-order chi connectivity index (χ1) is 6.79. The molecule has 1 N–H and O–H groups in total. The zero-order chi connectivity index (χ0) is 10.4. The van der Waals surface area contributed by atoms with E-state index in [1.165, 1.54) is 12.7 Å². The molecular weight excluding hydrogens is 264 g/mol. The van der Waals surface area contributed by atoms with E-state index in [0.717, 1.165) is 17.1 Å². The molecule has 0 aliphatic rings. The highest BCUT2D eigenvalue weighted by atomic mass is 35.5. The third-order valence-corrected chi connectivity index (χ3v) is 6.53. The van der Waals surface area contributed by atoms with Crippen LogP contribution in [0.3, 0.4) is 0 Å². The van der Waals surface area contributed by atoms with Crippen molar-refractivity contribution in [2.75, 3.05) is 0 Å². The zero-order valence-electron chi connectivity index (χ0n) is 6.87. The van der Waals surface area contributed by atoms with E-state index in [9.17, 15) is 0 Å². The van der Waals surface area contributed by atoms with E-state index in [1.54, 1.807) is 0 Å². The number of nitrogens with one attached hydrogen (secondary N) is 1. The molecule has 2 rings (SSSR count). The van der Waals surface area contributed by atoms with Crippen molar-refractivity contribution in [3.8, 4) is 0 Å². The van der Waals surface area contributed by atoms with Crippen LogP contribution in [-0.2, 0) is 0 Å². The average Bonchev–Trinajstić information content (AvgIpc) is 2.68. The molecule has 0 aromatic carbocycles. The Morgan fingerprint density at radius 2 is 1.93 bits per heavy atom. The largest absolute Gasteiger partial charge is 0.341 e. The van der Waals surface area contributed by atoms with Gasteiger partial charge in [0, 0.05) is 36.6 Å². The Hall–Kier alpha value is -0.292. The van der Waals surface area contributed by atoms with E-state index in [-0.39, 0.29) is 0 Å². The third kappa shape index (κ3) is 3.13. The topological polar surface area (TPSA) is 54.5 Å². The number of halogens is 1. The van der Waals surface area contributed by atoms with Crippen LogP contribution in [0, 0.1) is 0 Å². The van der Waals surface area contributed by atoms with Gasteiger partial charge in [-0.25, -0.2) is 15.0 Å². The van der Waals surface area contributed by atoms with Crippen molar-refractivity contribution in [3.05, 3.63) is 17.8 Å². The first-order valence-electron chi connectivity index (χ1n) is 3.42. The summed E-state index contributed by atoms with van der Waals surface area (Å²) in [6.45, 7) is 0. The Morgan fingerprint density at radius 3 is 2.50 bits per heavy atom. The molecule has 10 radical (unpaired) electrons. The minimum Gasteiger partial charge on any atom is -0.341 e. The van der Waals surface area contributed by atoms with Crippen molar-refractivity contribution >= 4 is 59.4 Å². The maximum atomic E-state index is 5.68. The van der Waals surface area contributed by atoms with Gasteiger partial charge in [0.05, 0.1) is 6.33 Å². The molecular formula is C5H3ClN4Si4. The van der Waals surface area contributed by atoms with Crippen LogP contribution in [0.2, 0.25) is 5.15 Å². The fourth-order valence-corrected chi connectivity index (χ4v) is 0.918. The van der Waals surface area contributed by atoms with E-state index in [4.69, 9.17) is 11.6 Å². The van der Waals surface area contributed by atoms with Gasteiger partial charge in [0.1, 0.15) is 11.8 Å². The number of aromatic nitrogens is 4. The molecule has 4 nitrogen and oxygen atoms in total. The van der Waals surface area contributed by atoms with Gasteiger partial charge < -0.3 is 4.98 Å². The number of imidazole rings is 1. The highest BCUT2D eigenvalue weighted by molar-refractivity contribution is 7.37. The molecule has 0 aliphatic heterocycles. The van der Waals surface area contributed by atoms with E-state index < -0.39 is 0 Å². The molecule has 66 valence electrons. The zero-order valence-corrected chi connectivity index (χ0v) is 11.6. The van der Waals surface area contributed by atoms with Crippen LogP contribution in [0.15, 0.2) is 12.7 Å². The van der Waals surface area contributed by atoms with Gasteiger partial charge in [0.2, 0.25) is 0 Å². The lowest BCUT2D eigenvalue weighted by Gasteiger charge is -1.86. The van der Waals surface area contributed by atoms with Crippen LogP contribution < -0.4 is 0 Å². The smallest absolute Gasteiger partial charge is 0.182 e. The summed E-state index contributed by atoms with van der Waals surface area (Å²) in [5.41, 5.74) is 1.28. The van der Waals surface area contributed by atoms with Gasteiger partial charge in [-0.2, -0.15) is 0 Å². The van der Waals surface area contributed by atoms with Gasteiger partial charge in [-0.1, -0.05) is 11.6 Å². The maximum Gasteiger partial charge on any atom is 0.182 e. The highest BCUT2D eigenvalue weighted by Crippen LogP contribution is 2.13. The number of hydrogen-bond acceptors (Lipinski definition) is 3. The van der Waals surface area contributed by atoms with Gasteiger partial charge in [-0.05, 0) is 0 Å². The molecule has 0 saturated heterocycles. The Balaban J connectivity index is 0.000000213. The van der Waals surface area contributed by atoms with Crippen LogP contribution in [0.5, 0.6) is 0 Å². The molecule has 2 aromatic heterocycles. The van der Waals surface area contributed by atoms with Gasteiger partial charge in [-0.15, -0.1) is 0 Å². The first kappa shape index (κ1) is 11.8. The average molecular weight is 267 g/mol. The predicted molar refractivity (Wildman–Crippen MR) is 59.7 cm³/mol. The standard InChI is InChI=1S/C5H3ClN4.Si4/c6-4-3-5(9-1-7-3)10-2-8-4;1-3-4-2/h1-2H,(H,7,8,9,10);. The lowest BCUT2D eigenvalue weighted by molar-refractivity contribution is 1.20. The van der Waals surface area contributed by atoms with Crippen molar-refractivity contribution in [1.29, 1.82) is 0 Å². The minimum atomic E-state index is 0.405. The molecule has 0 unspecified atom stereocenters. The fraction of sp³-hybridized carbons (Fsp3) is 0. The van der Waals surface area contributed by atoms with E-state index in [0.29, 0.717) is 16.3 Å². The number of fused-ring (bicyclic) bond motifs is 1. The summed E-state index contributed by atoms with van der Waals surface area (Å²) in [6.07, 6.45) is 2.91. The second-order valence-electron chi connectivity index (χ2n) is 2.02. The molecule has 0 atom stereocenters. The van der Waals surface area contributed by atoms with Crippen molar-refractivity contribution in [2.45, 2.75) is 0 Å². The third-order valence-electron chi connectivity index (χ3n) is 1.24. The molecule has 9 heteroatoms. The number of aromatic amines is 1. The predicted octanol–water partition coefficient (Wildman–Crippen LogP) is -0.517. The van der Waals surface area contributed by atoms with Crippen molar-refractivity contribution in [3.63, 3.8) is 0 Å². The lowest BCUT2D eigenvalue weighted by atomic mass is 10.6. The highest BCUT2D eigenvalue weighted by Gasteiger charge is 2.00. The Kier molecular flexibility index (Phi) is 5.25. The summed E-state index contributed by atoms with van der Waals surface area (Å²) < 4.78 is 0. The normalized spacial score (nSPS) is 9.64. The monoisotopic (exact) mass is 266 g/mol. The summed E-state index contributed by atoms with van der Waals surface area (Å²) in [5, 5.41) is 0.405. The summed E-state index contributed by atoms with van der Waals surface area (Å²) >= 11 is 5.68. The van der Waals surface area contributed by atoms with Gasteiger partial charge in [0.15, 0.2) is 10.8 Å². The molecule has 14 heavy (non-hydrogen) atoms. The molecule has 0 spiro atoms. The van der Waals surface area contributed by atoms with Crippen LogP contribution in [-0.4, -0.2) is 56.6 Å². The van der Waals surface area contributed by atoms with E-state index in [2.05, 4.69) is 39.5 Å². The molecule has 0 aliphatic carbocycles. The lowest BCUT2D eigenvalue weighted by Crippen LogP contribution is -2.00. The summed E-state index contributed by atoms with van der Waals surface area (Å²) in [4.78, 5) is 14.3. The summed E-state index contributed by atoms with van der Waals surface area (Å²) in [7, 11) is 8.33. The van der Waals surface area contributed by atoms with E-state index in [1.807, 2.05) is 0 Å². The first-order valence-corrected chi connectivity index (χ1v) is 9.80. The SMILES string of the molecule is Clc1ncnc2nc[nH]c12.[Si][Si][Si][Si].